The number of piperidine rings is 1. The Morgan fingerprint density at radius 3 is 2.88 bits per heavy atom. The lowest BCUT2D eigenvalue weighted by molar-refractivity contribution is 0.102. The van der Waals surface area contributed by atoms with E-state index in [1.807, 2.05) is 0 Å². The maximum absolute atomic E-state index is 12.3. The van der Waals surface area contributed by atoms with Crippen LogP contribution in [-0.2, 0) is 0 Å². The van der Waals surface area contributed by atoms with Gasteiger partial charge in [-0.2, -0.15) is 0 Å². The molecule has 1 fully saturated rings. The van der Waals surface area contributed by atoms with Crippen molar-refractivity contribution in [1.82, 2.24) is 14.9 Å². The summed E-state index contributed by atoms with van der Waals surface area (Å²) in [6.45, 7) is 1.75. The minimum Gasteiger partial charge on any atom is -0.408 e. The molecule has 1 aliphatic heterocycles. The Labute approximate surface area is 143 Å². The van der Waals surface area contributed by atoms with Gasteiger partial charge in [-0.3, -0.25) is 14.3 Å². The molecule has 7 nitrogen and oxygen atoms in total. The number of hydrogen-bond donors (Lipinski definition) is 2. The van der Waals surface area contributed by atoms with Crippen molar-refractivity contribution in [2.45, 2.75) is 18.9 Å². The smallest absolute Gasteiger partial charge is 0.408 e. The first-order valence-corrected chi connectivity index (χ1v) is 8.29. The molecule has 0 radical (unpaired) electrons. The molecule has 0 saturated carbocycles. The molecule has 128 valence electrons. The van der Waals surface area contributed by atoms with E-state index in [-0.39, 0.29) is 17.7 Å². The third-order valence-electron chi connectivity index (χ3n) is 4.47. The molecule has 1 aliphatic rings. The third kappa shape index (κ3) is 3.06. The third-order valence-corrected chi connectivity index (χ3v) is 4.47. The van der Waals surface area contributed by atoms with Crippen LogP contribution in [0.1, 0.15) is 29.2 Å². The lowest BCUT2D eigenvalue weighted by Gasteiger charge is -2.23. The molecule has 3 heterocycles. The van der Waals surface area contributed by atoms with Crippen LogP contribution in [-0.4, -0.2) is 28.5 Å². The van der Waals surface area contributed by atoms with Crippen molar-refractivity contribution in [3.05, 3.63) is 58.8 Å². The van der Waals surface area contributed by atoms with Gasteiger partial charge in [0, 0.05) is 24.1 Å². The second kappa shape index (κ2) is 6.52. The topological polar surface area (TPSA) is 89.2 Å². The molecule has 0 aliphatic carbocycles. The van der Waals surface area contributed by atoms with Gasteiger partial charge in [0.05, 0.1) is 11.1 Å². The van der Waals surface area contributed by atoms with Gasteiger partial charge in [0.15, 0.2) is 5.58 Å². The number of anilines is 1. The van der Waals surface area contributed by atoms with E-state index in [0.29, 0.717) is 22.4 Å². The summed E-state index contributed by atoms with van der Waals surface area (Å²) in [7, 11) is 0. The van der Waals surface area contributed by atoms with Crippen LogP contribution >= 0.6 is 0 Å². The summed E-state index contributed by atoms with van der Waals surface area (Å²) < 4.78 is 7.07. The van der Waals surface area contributed by atoms with Gasteiger partial charge >= 0.3 is 5.76 Å². The second-order valence-corrected chi connectivity index (χ2v) is 6.10. The number of benzene rings is 1. The molecule has 7 heteroatoms. The minimum atomic E-state index is -0.349. The summed E-state index contributed by atoms with van der Waals surface area (Å²) in [5.74, 6) is -0.593. The Morgan fingerprint density at radius 2 is 2.12 bits per heavy atom. The number of nitrogens with one attached hydrogen (secondary N) is 2. The van der Waals surface area contributed by atoms with Gasteiger partial charge in [-0.05, 0) is 56.3 Å². The molecule has 2 aromatic heterocycles. The molecular formula is C18H18N4O3. The molecule has 1 saturated heterocycles. The van der Waals surface area contributed by atoms with Crippen molar-refractivity contribution >= 4 is 22.7 Å². The van der Waals surface area contributed by atoms with E-state index < -0.39 is 0 Å². The van der Waals surface area contributed by atoms with Crippen LogP contribution < -0.4 is 16.4 Å². The highest BCUT2D eigenvalue weighted by atomic mass is 16.4. The fraction of sp³-hybridized carbons (Fsp3) is 0.278. The molecule has 0 unspecified atom stereocenters. The van der Waals surface area contributed by atoms with Crippen molar-refractivity contribution in [1.29, 1.82) is 0 Å². The molecule has 1 amide bonds. The fourth-order valence-corrected chi connectivity index (χ4v) is 3.22. The summed E-state index contributed by atoms with van der Waals surface area (Å²) in [5, 5.41) is 6.13. The predicted molar refractivity (Wildman–Crippen MR) is 93.8 cm³/mol. The highest BCUT2D eigenvalue weighted by Crippen LogP contribution is 2.25. The van der Waals surface area contributed by atoms with Crippen molar-refractivity contribution in [2.24, 2.45) is 0 Å². The highest BCUT2D eigenvalue weighted by molar-refractivity contribution is 6.04. The Bertz CT molecular complexity index is 955. The first kappa shape index (κ1) is 15.6. The van der Waals surface area contributed by atoms with E-state index in [4.69, 9.17) is 4.42 Å². The predicted octanol–water partition coefficient (Wildman–Crippen LogP) is 2.17. The van der Waals surface area contributed by atoms with E-state index in [1.165, 1.54) is 6.20 Å². The van der Waals surface area contributed by atoms with Gasteiger partial charge in [-0.25, -0.2) is 4.79 Å². The van der Waals surface area contributed by atoms with E-state index in [1.54, 1.807) is 41.1 Å². The average molecular weight is 338 g/mol. The normalized spacial score (nSPS) is 15.4. The van der Waals surface area contributed by atoms with Crippen LogP contribution in [0, 0.1) is 0 Å². The average Bonchev–Trinajstić information content (AvgIpc) is 2.98. The first-order chi connectivity index (χ1) is 12.2. The number of pyridine rings is 1. The summed E-state index contributed by atoms with van der Waals surface area (Å²) in [6.07, 6.45) is 4.88. The maximum atomic E-state index is 12.3. The highest BCUT2D eigenvalue weighted by Gasteiger charge is 2.21. The van der Waals surface area contributed by atoms with E-state index in [2.05, 4.69) is 15.6 Å². The number of hydrogen-bond acceptors (Lipinski definition) is 5. The van der Waals surface area contributed by atoms with Crippen LogP contribution in [0.3, 0.4) is 0 Å². The number of nitrogens with zero attached hydrogens (tertiary/aromatic N) is 2. The van der Waals surface area contributed by atoms with Crippen molar-refractivity contribution in [2.75, 3.05) is 18.4 Å². The quantitative estimate of drug-likeness (QED) is 0.764. The lowest BCUT2D eigenvalue weighted by Crippen LogP contribution is -2.32. The van der Waals surface area contributed by atoms with Crippen molar-refractivity contribution in [3.8, 4) is 0 Å². The molecule has 1 aromatic carbocycles. The van der Waals surface area contributed by atoms with Gasteiger partial charge < -0.3 is 15.1 Å². The van der Waals surface area contributed by atoms with Crippen LogP contribution in [0.5, 0.6) is 0 Å². The minimum absolute atomic E-state index is 0.110. The van der Waals surface area contributed by atoms with Gasteiger partial charge in [0.25, 0.3) is 5.91 Å². The zero-order valence-electron chi connectivity index (χ0n) is 13.6. The number of oxazole rings is 1. The molecule has 25 heavy (non-hydrogen) atoms. The van der Waals surface area contributed by atoms with Crippen LogP contribution in [0.25, 0.3) is 11.1 Å². The zero-order valence-corrected chi connectivity index (χ0v) is 13.6. The SMILES string of the molecule is O=C(Nc1ccc2oc(=O)n(C3CCNCC3)c2c1)c1cccnc1. The molecule has 2 N–H and O–H groups in total. The standard InChI is InChI=1S/C18H18N4O3/c23-17(12-2-1-7-20-11-12)21-13-3-4-16-15(10-13)22(18(24)25-16)14-5-8-19-9-6-14/h1-4,7,10-11,14,19H,5-6,8-9H2,(H,21,23). The molecule has 4 rings (SSSR count). The van der Waals surface area contributed by atoms with E-state index in [9.17, 15) is 9.59 Å². The zero-order chi connectivity index (χ0) is 17.2. The number of aromatic nitrogens is 2. The molecular weight excluding hydrogens is 320 g/mol. The Kier molecular flexibility index (Phi) is 4.07. The Morgan fingerprint density at radius 1 is 1.28 bits per heavy atom. The Hall–Kier alpha value is -2.93. The summed E-state index contributed by atoms with van der Waals surface area (Å²) in [6, 6.07) is 8.75. The monoisotopic (exact) mass is 338 g/mol. The summed E-state index contributed by atoms with van der Waals surface area (Å²) in [5.41, 5.74) is 2.33. The number of rotatable bonds is 3. The fourth-order valence-electron chi connectivity index (χ4n) is 3.22. The lowest BCUT2D eigenvalue weighted by atomic mass is 10.1. The molecule has 0 bridgehead atoms. The van der Waals surface area contributed by atoms with Crippen molar-refractivity contribution in [3.63, 3.8) is 0 Å². The van der Waals surface area contributed by atoms with Gasteiger partial charge in [-0.15, -0.1) is 0 Å². The molecule has 0 atom stereocenters. The maximum Gasteiger partial charge on any atom is 0.420 e. The Balaban J connectivity index is 1.67. The van der Waals surface area contributed by atoms with Crippen LogP contribution in [0.2, 0.25) is 0 Å². The van der Waals surface area contributed by atoms with Gasteiger partial charge in [0.2, 0.25) is 0 Å². The first-order valence-electron chi connectivity index (χ1n) is 8.29. The summed E-state index contributed by atoms with van der Waals surface area (Å²) >= 11 is 0. The number of carbonyl (C=O) groups is 1. The van der Waals surface area contributed by atoms with Crippen LogP contribution in [0.4, 0.5) is 5.69 Å². The number of amides is 1. The van der Waals surface area contributed by atoms with Gasteiger partial charge in [0.1, 0.15) is 0 Å². The van der Waals surface area contributed by atoms with Crippen molar-refractivity contribution < 1.29 is 9.21 Å². The largest absolute Gasteiger partial charge is 0.420 e. The molecule has 3 aromatic rings. The summed E-state index contributed by atoms with van der Waals surface area (Å²) in [4.78, 5) is 28.5. The van der Waals surface area contributed by atoms with Gasteiger partial charge in [-0.1, -0.05) is 0 Å². The van der Waals surface area contributed by atoms with E-state index >= 15 is 0 Å². The number of fused-ring (bicyclic) bond motifs is 1. The van der Waals surface area contributed by atoms with E-state index in [0.717, 1.165) is 25.9 Å². The second-order valence-electron chi connectivity index (χ2n) is 6.10. The number of carbonyl (C=O) groups excluding carboxylic acids is 1. The van der Waals surface area contributed by atoms with Crippen LogP contribution in [0.15, 0.2) is 51.9 Å². The molecule has 0 spiro atoms.